The summed E-state index contributed by atoms with van der Waals surface area (Å²) in [4.78, 5) is 10.8. The zero-order chi connectivity index (χ0) is 17.4. The van der Waals surface area contributed by atoms with E-state index in [0.29, 0.717) is 25.3 Å². The van der Waals surface area contributed by atoms with Gasteiger partial charge < -0.3 is 19.9 Å². The zero-order valence-electron chi connectivity index (χ0n) is 14.0. The summed E-state index contributed by atoms with van der Waals surface area (Å²) >= 11 is 0. The van der Waals surface area contributed by atoms with Gasteiger partial charge in [-0.2, -0.15) is 0 Å². The first-order chi connectivity index (χ1) is 11.6. The number of benzene rings is 2. The van der Waals surface area contributed by atoms with Crippen molar-refractivity contribution in [2.45, 2.75) is 26.4 Å². The average molecular weight is 329 g/mol. The highest BCUT2D eigenvalue weighted by atomic mass is 16.5. The van der Waals surface area contributed by atoms with Crippen molar-refractivity contribution in [3.8, 4) is 11.5 Å². The largest absolute Gasteiger partial charge is 0.493 e. The molecule has 0 spiro atoms. The van der Waals surface area contributed by atoms with Gasteiger partial charge in [-0.15, -0.1) is 0 Å². The summed E-state index contributed by atoms with van der Waals surface area (Å²) < 4.78 is 11.0. The van der Waals surface area contributed by atoms with Gasteiger partial charge in [-0.1, -0.05) is 25.1 Å². The topological polar surface area (TPSA) is 67.8 Å². The van der Waals surface area contributed by atoms with Gasteiger partial charge in [-0.25, -0.2) is 4.79 Å². The lowest BCUT2D eigenvalue weighted by Gasteiger charge is -2.12. The van der Waals surface area contributed by atoms with Crippen molar-refractivity contribution in [1.29, 1.82) is 0 Å². The number of hydrogen-bond acceptors (Lipinski definition) is 4. The number of hydrogen-bond donors (Lipinski definition) is 2. The van der Waals surface area contributed by atoms with Gasteiger partial charge in [0.05, 0.1) is 19.3 Å². The van der Waals surface area contributed by atoms with E-state index < -0.39 is 5.97 Å². The van der Waals surface area contributed by atoms with Crippen LogP contribution in [-0.4, -0.2) is 24.8 Å². The molecule has 0 amide bonds. The Morgan fingerprint density at radius 1 is 1.04 bits per heavy atom. The summed E-state index contributed by atoms with van der Waals surface area (Å²) in [5, 5.41) is 12.2. The molecule has 2 N–H and O–H groups in total. The molecule has 0 aliphatic carbocycles. The number of methoxy groups -OCH3 is 1. The molecule has 2 aromatic carbocycles. The molecule has 0 aromatic heterocycles. The summed E-state index contributed by atoms with van der Waals surface area (Å²) in [5.74, 6) is 0.577. The van der Waals surface area contributed by atoms with Gasteiger partial charge in [0.15, 0.2) is 11.5 Å². The number of ether oxygens (including phenoxy) is 2. The Balaban J connectivity index is 1.92. The Labute approximate surface area is 142 Å². The number of aromatic carboxylic acids is 1. The molecule has 0 aliphatic rings. The van der Waals surface area contributed by atoms with Crippen LogP contribution in [0.1, 0.15) is 34.8 Å². The summed E-state index contributed by atoms with van der Waals surface area (Å²) in [5.41, 5.74) is 2.44. The van der Waals surface area contributed by atoms with Crippen LogP contribution in [0.5, 0.6) is 11.5 Å². The van der Waals surface area contributed by atoms with Crippen molar-refractivity contribution in [2.24, 2.45) is 0 Å². The van der Waals surface area contributed by atoms with Gasteiger partial charge in [0.2, 0.25) is 0 Å². The lowest BCUT2D eigenvalue weighted by molar-refractivity contribution is 0.0697. The number of carbonyl (C=O) groups is 1. The molecule has 2 rings (SSSR count). The Bertz CT molecular complexity index is 668. The molecular weight excluding hydrogens is 306 g/mol. The molecule has 128 valence electrons. The Kier molecular flexibility index (Phi) is 6.63. The van der Waals surface area contributed by atoms with Crippen LogP contribution in [0.25, 0.3) is 0 Å². The molecule has 5 nitrogen and oxygen atoms in total. The first kappa shape index (κ1) is 17.8. The Morgan fingerprint density at radius 3 is 2.33 bits per heavy atom. The fourth-order valence-corrected chi connectivity index (χ4v) is 2.27. The van der Waals surface area contributed by atoms with E-state index in [1.807, 2.05) is 30.3 Å². The van der Waals surface area contributed by atoms with E-state index in [0.717, 1.165) is 29.0 Å². The molecule has 0 bridgehead atoms. The normalized spacial score (nSPS) is 10.4. The molecule has 0 fully saturated rings. The van der Waals surface area contributed by atoms with E-state index >= 15 is 0 Å². The van der Waals surface area contributed by atoms with E-state index in [1.54, 1.807) is 19.2 Å². The van der Waals surface area contributed by atoms with E-state index in [-0.39, 0.29) is 0 Å². The van der Waals surface area contributed by atoms with E-state index in [4.69, 9.17) is 14.6 Å². The van der Waals surface area contributed by atoms with Gasteiger partial charge in [0, 0.05) is 13.1 Å². The van der Waals surface area contributed by atoms with Gasteiger partial charge in [0.25, 0.3) is 0 Å². The predicted molar refractivity (Wildman–Crippen MR) is 92.7 cm³/mol. The molecule has 0 heterocycles. The van der Waals surface area contributed by atoms with Crippen LogP contribution in [0.3, 0.4) is 0 Å². The van der Waals surface area contributed by atoms with Crippen LogP contribution in [0.2, 0.25) is 0 Å². The Hall–Kier alpha value is -2.53. The lowest BCUT2D eigenvalue weighted by Crippen LogP contribution is -2.13. The van der Waals surface area contributed by atoms with Crippen LogP contribution in [0, 0.1) is 0 Å². The van der Waals surface area contributed by atoms with Crippen molar-refractivity contribution in [3.63, 3.8) is 0 Å². The smallest absolute Gasteiger partial charge is 0.335 e. The van der Waals surface area contributed by atoms with Crippen molar-refractivity contribution >= 4 is 5.97 Å². The van der Waals surface area contributed by atoms with Gasteiger partial charge in [-0.3, -0.25) is 0 Å². The summed E-state index contributed by atoms with van der Waals surface area (Å²) in [6.07, 6.45) is 0.942. The number of nitrogens with one attached hydrogen (secondary N) is 1. The molecule has 24 heavy (non-hydrogen) atoms. The third-order valence-corrected chi connectivity index (χ3v) is 3.55. The fourth-order valence-electron chi connectivity index (χ4n) is 2.27. The average Bonchev–Trinajstić information content (AvgIpc) is 2.60. The number of rotatable bonds is 9. The molecule has 5 heteroatoms. The van der Waals surface area contributed by atoms with E-state index in [2.05, 4.69) is 12.2 Å². The van der Waals surface area contributed by atoms with Crippen molar-refractivity contribution in [2.75, 3.05) is 13.7 Å². The lowest BCUT2D eigenvalue weighted by atomic mass is 10.1. The van der Waals surface area contributed by atoms with Crippen LogP contribution >= 0.6 is 0 Å². The van der Waals surface area contributed by atoms with Crippen molar-refractivity contribution in [1.82, 2.24) is 5.32 Å². The SMILES string of the molecule is CCCOc1cc(CNCc2ccc(C(=O)O)cc2)ccc1OC. The highest BCUT2D eigenvalue weighted by molar-refractivity contribution is 5.87. The number of carboxylic acids is 1. The zero-order valence-corrected chi connectivity index (χ0v) is 14.0. The van der Waals surface area contributed by atoms with Gasteiger partial charge in [0.1, 0.15) is 0 Å². The second-order valence-corrected chi connectivity index (χ2v) is 5.44. The number of carboxylic acid groups (broad SMARTS) is 1. The van der Waals surface area contributed by atoms with Crippen LogP contribution in [0.4, 0.5) is 0 Å². The predicted octanol–water partition coefficient (Wildman–Crippen LogP) is 3.47. The van der Waals surface area contributed by atoms with Crippen LogP contribution in [0.15, 0.2) is 42.5 Å². The standard InChI is InChI=1S/C19H23NO4/c1-3-10-24-18-11-15(6-9-17(18)23-2)13-20-12-14-4-7-16(8-5-14)19(21)22/h4-9,11,20H,3,10,12-13H2,1-2H3,(H,21,22). The monoisotopic (exact) mass is 329 g/mol. The molecule has 0 unspecified atom stereocenters. The minimum absolute atomic E-state index is 0.298. The third-order valence-electron chi connectivity index (χ3n) is 3.55. The quantitative estimate of drug-likeness (QED) is 0.737. The minimum atomic E-state index is -0.910. The molecule has 0 saturated heterocycles. The maximum absolute atomic E-state index is 10.8. The van der Waals surface area contributed by atoms with Crippen molar-refractivity contribution < 1.29 is 19.4 Å². The third kappa shape index (κ3) is 4.99. The summed E-state index contributed by atoms with van der Waals surface area (Å²) in [6.45, 7) is 4.07. The van der Waals surface area contributed by atoms with Crippen LogP contribution < -0.4 is 14.8 Å². The second kappa shape index (κ2) is 8.93. The highest BCUT2D eigenvalue weighted by Crippen LogP contribution is 2.28. The summed E-state index contributed by atoms with van der Waals surface area (Å²) in [6, 6.07) is 12.8. The maximum Gasteiger partial charge on any atom is 0.335 e. The van der Waals surface area contributed by atoms with E-state index in [9.17, 15) is 4.79 Å². The first-order valence-corrected chi connectivity index (χ1v) is 7.96. The molecule has 0 aliphatic heterocycles. The highest BCUT2D eigenvalue weighted by Gasteiger charge is 2.06. The molecule has 0 atom stereocenters. The maximum atomic E-state index is 10.8. The van der Waals surface area contributed by atoms with Gasteiger partial charge in [-0.05, 0) is 41.8 Å². The Morgan fingerprint density at radius 2 is 1.71 bits per heavy atom. The van der Waals surface area contributed by atoms with Gasteiger partial charge >= 0.3 is 5.97 Å². The first-order valence-electron chi connectivity index (χ1n) is 7.96. The van der Waals surface area contributed by atoms with Crippen LogP contribution in [-0.2, 0) is 13.1 Å². The second-order valence-electron chi connectivity index (χ2n) is 5.44. The molecular formula is C19H23NO4. The molecule has 2 aromatic rings. The minimum Gasteiger partial charge on any atom is -0.493 e. The summed E-state index contributed by atoms with van der Waals surface area (Å²) in [7, 11) is 1.63. The molecule has 0 radical (unpaired) electrons. The molecule has 0 saturated carbocycles. The van der Waals surface area contributed by atoms with Crippen molar-refractivity contribution in [3.05, 3.63) is 59.2 Å². The van der Waals surface area contributed by atoms with E-state index in [1.165, 1.54) is 0 Å². The fraction of sp³-hybridized carbons (Fsp3) is 0.316.